The largest absolute Gasteiger partial charge is 0.321 e. The molecule has 0 aliphatic rings. The van der Waals surface area contributed by atoms with Crippen LogP contribution in [0, 0.1) is 6.92 Å². The van der Waals surface area contributed by atoms with E-state index in [2.05, 4.69) is 26.2 Å². The first kappa shape index (κ1) is 14.9. The summed E-state index contributed by atoms with van der Waals surface area (Å²) in [6.45, 7) is 2.01. The summed E-state index contributed by atoms with van der Waals surface area (Å²) in [4.78, 5) is 17.5. The molecule has 3 nitrogen and oxygen atoms in total. The summed E-state index contributed by atoms with van der Waals surface area (Å²) >= 11 is 4.82. The van der Waals surface area contributed by atoms with E-state index < -0.39 is 0 Å². The second-order valence-electron chi connectivity index (χ2n) is 4.81. The molecular formula is C17H13BrN2OS. The molecule has 5 heteroatoms. The fraction of sp³-hybridized carbons (Fsp3) is 0.0588. The smallest absolute Gasteiger partial charge is 0.268 e. The van der Waals surface area contributed by atoms with Crippen LogP contribution in [0.25, 0.3) is 11.3 Å². The maximum absolute atomic E-state index is 12.5. The minimum absolute atomic E-state index is 0.142. The van der Waals surface area contributed by atoms with Crippen LogP contribution >= 0.6 is 27.3 Å². The molecule has 0 bridgehead atoms. The van der Waals surface area contributed by atoms with Crippen molar-refractivity contribution in [2.24, 2.45) is 0 Å². The number of anilines is 1. The molecule has 1 aromatic heterocycles. The first-order chi connectivity index (χ1) is 10.6. The monoisotopic (exact) mass is 372 g/mol. The van der Waals surface area contributed by atoms with Crippen molar-refractivity contribution in [3.8, 4) is 11.3 Å². The molecular weight excluding hydrogens is 360 g/mol. The molecule has 1 amide bonds. The van der Waals surface area contributed by atoms with Crippen LogP contribution in [0.1, 0.15) is 15.2 Å². The minimum atomic E-state index is -0.142. The second kappa shape index (κ2) is 6.42. The summed E-state index contributed by atoms with van der Waals surface area (Å²) in [5.74, 6) is -0.142. The highest BCUT2D eigenvalue weighted by Gasteiger charge is 2.16. The Hall–Kier alpha value is -1.98. The molecule has 0 atom stereocenters. The Bertz CT molecular complexity index is 815. The van der Waals surface area contributed by atoms with Crippen LogP contribution in [0.2, 0.25) is 0 Å². The maximum Gasteiger partial charge on any atom is 0.268 e. The number of thiazole rings is 1. The lowest BCUT2D eigenvalue weighted by Crippen LogP contribution is -2.11. The van der Waals surface area contributed by atoms with E-state index in [4.69, 9.17) is 0 Å². The SMILES string of the molecule is Cc1ccc(NC(=O)c2scnc2-c2ccccc2)cc1Br. The minimum Gasteiger partial charge on any atom is -0.321 e. The van der Waals surface area contributed by atoms with Gasteiger partial charge in [0, 0.05) is 15.7 Å². The predicted molar refractivity (Wildman–Crippen MR) is 94.4 cm³/mol. The second-order valence-corrected chi connectivity index (χ2v) is 6.52. The van der Waals surface area contributed by atoms with Crippen LogP contribution in [0.5, 0.6) is 0 Å². The molecule has 3 rings (SSSR count). The number of rotatable bonds is 3. The Morgan fingerprint density at radius 3 is 2.68 bits per heavy atom. The summed E-state index contributed by atoms with van der Waals surface area (Å²) in [6, 6.07) is 15.5. The van der Waals surface area contributed by atoms with Crippen LogP contribution in [0.3, 0.4) is 0 Å². The summed E-state index contributed by atoms with van der Waals surface area (Å²) in [5.41, 5.74) is 5.24. The van der Waals surface area contributed by atoms with Gasteiger partial charge in [-0.25, -0.2) is 4.98 Å². The number of carbonyl (C=O) groups is 1. The van der Waals surface area contributed by atoms with Crippen molar-refractivity contribution in [3.05, 3.63) is 69.0 Å². The van der Waals surface area contributed by atoms with Crippen molar-refractivity contribution in [1.82, 2.24) is 4.98 Å². The topological polar surface area (TPSA) is 42.0 Å². The lowest BCUT2D eigenvalue weighted by atomic mass is 10.1. The number of hydrogen-bond acceptors (Lipinski definition) is 3. The zero-order chi connectivity index (χ0) is 15.5. The van der Waals surface area contributed by atoms with Gasteiger partial charge < -0.3 is 5.32 Å². The predicted octanol–water partition coefficient (Wildman–Crippen LogP) is 5.13. The first-order valence-corrected chi connectivity index (χ1v) is 8.39. The average molecular weight is 373 g/mol. The molecule has 0 aliphatic carbocycles. The quantitative estimate of drug-likeness (QED) is 0.691. The zero-order valence-corrected chi connectivity index (χ0v) is 14.2. The van der Waals surface area contributed by atoms with Gasteiger partial charge in [-0.05, 0) is 24.6 Å². The molecule has 0 fully saturated rings. The van der Waals surface area contributed by atoms with Crippen molar-refractivity contribution in [2.75, 3.05) is 5.32 Å². The van der Waals surface area contributed by atoms with E-state index in [0.717, 1.165) is 21.3 Å². The van der Waals surface area contributed by atoms with E-state index >= 15 is 0 Å². The molecule has 0 saturated heterocycles. The van der Waals surface area contributed by atoms with Gasteiger partial charge in [0.15, 0.2) is 0 Å². The molecule has 0 unspecified atom stereocenters. The summed E-state index contributed by atoms with van der Waals surface area (Å²) in [6.07, 6.45) is 0. The number of aromatic nitrogens is 1. The van der Waals surface area contributed by atoms with E-state index in [1.54, 1.807) is 5.51 Å². The van der Waals surface area contributed by atoms with Gasteiger partial charge in [-0.2, -0.15) is 0 Å². The van der Waals surface area contributed by atoms with Crippen molar-refractivity contribution in [3.63, 3.8) is 0 Å². The van der Waals surface area contributed by atoms with Gasteiger partial charge >= 0.3 is 0 Å². The van der Waals surface area contributed by atoms with Gasteiger partial charge in [0.25, 0.3) is 5.91 Å². The Labute approximate surface area is 141 Å². The van der Waals surface area contributed by atoms with Crippen LogP contribution in [-0.2, 0) is 0 Å². The Morgan fingerprint density at radius 2 is 1.95 bits per heavy atom. The lowest BCUT2D eigenvalue weighted by molar-refractivity contribution is 0.103. The summed E-state index contributed by atoms with van der Waals surface area (Å²) in [5, 5.41) is 2.92. The van der Waals surface area contributed by atoms with E-state index in [1.165, 1.54) is 11.3 Å². The lowest BCUT2D eigenvalue weighted by Gasteiger charge is -2.07. The van der Waals surface area contributed by atoms with Gasteiger partial charge in [0.05, 0.1) is 11.2 Å². The Kier molecular flexibility index (Phi) is 4.36. The maximum atomic E-state index is 12.5. The highest BCUT2D eigenvalue weighted by molar-refractivity contribution is 9.10. The third-order valence-corrected chi connectivity index (χ3v) is 4.93. The van der Waals surface area contributed by atoms with Crippen LogP contribution < -0.4 is 5.32 Å². The normalized spacial score (nSPS) is 10.5. The van der Waals surface area contributed by atoms with Gasteiger partial charge in [0.2, 0.25) is 0 Å². The molecule has 1 heterocycles. The molecule has 2 aromatic carbocycles. The molecule has 3 aromatic rings. The number of hydrogen-bond donors (Lipinski definition) is 1. The van der Waals surface area contributed by atoms with E-state index in [0.29, 0.717) is 10.6 Å². The van der Waals surface area contributed by atoms with Crippen molar-refractivity contribution in [1.29, 1.82) is 0 Å². The average Bonchev–Trinajstić information content (AvgIpc) is 3.01. The number of aryl methyl sites for hydroxylation is 1. The molecule has 0 aliphatic heterocycles. The number of halogens is 1. The van der Waals surface area contributed by atoms with E-state index in [9.17, 15) is 4.79 Å². The van der Waals surface area contributed by atoms with Crippen molar-refractivity contribution < 1.29 is 4.79 Å². The number of nitrogens with one attached hydrogen (secondary N) is 1. The number of nitrogens with zero attached hydrogens (tertiary/aromatic N) is 1. The number of amides is 1. The van der Waals surface area contributed by atoms with Crippen LogP contribution in [0.15, 0.2) is 58.5 Å². The highest BCUT2D eigenvalue weighted by atomic mass is 79.9. The molecule has 110 valence electrons. The Balaban J connectivity index is 1.87. The van der Waals surface area contributed by atoms with E-state index in [-0.39, 0.29) is 5.91 Å². The first-order valence-electron chi connectivity index (χ1n) is 6.71. The standard InChI is InChI=1S/C17H13BrN2OS/c1-11-7-8-13(9-14(11)18)20-17(21)16-15(19-10-22-16)12-5-3-2-4-6-12/h2-10H,1H3,(H,20,21). The third kappa shape index (κ3) is 3.10. The van der Waals surface area contributed by atoms with E-state index in [1.807, 2.05) is 55.5 Å². The van der Waals surface area contributed by atoms with Crippen LogP contribution in [-0.4, -0.2) is 10.9 Å². The Morgan fingerprint density at radius 1 is 1.18 bits per heavy atom. The fourth-order valence-corrected chi connectivity index (χ4v) is 3.15. The third-order valence-electron chi connectivity index (χ3n) is 3.25. The van der Waals surface area contributed by atoms with Crippen LogP contribution in [0.4, 0.5) is 5.69 Å². The van der Waals surface area contributed by atoms with Gasteiger partial charge in [-0.3, -0.25) is 4.79 Å². The zero-order valence-electron chi connectivity index (χ0n) is 11.8. The van der Waals surface area contributed by atoms with Gasteiger partial charge in [0.1, 0.15) is 4.88 Å². The highest BCUT2D eigenvalue weighted by Crippen LogP contribution is 2.27. The summed E-state index contributed by atoms with van der Waals surface area (Å²) < 4.78 is 0.970. The molecule has 0 saturated carbocycles. The number of carbonyl (C=O) groups excluding carboxylic acids is 1. The van der Waals surface area contributed by atoms with Crippen molar-refractivity contribution in [2.45, 2.75) is 6.92 Å². The van der Waals surface area contributed by atoms with Crippen molar-refractivity contribution >= 4 is 38.9 Å². The summed E-state index contributed by atoms with van der Waals surface area (Å²) in [7, 11) is 0. The number of benzene rings is 2. The van der Waals surface area contributed by atoms with Gasteiger partial charge in [-0.1, -0.05) is 52.3 Å². The molecule has 0 spiro atoms. The van der Waals surface area contributed by atoms with Gasteiger partial charge in [-0.15, -0.1) is 11.3 Å². The molecule has 1 N–H and O–H groups in total. The molecule has 0 radical (unpaired) electrons. The molecule has 22 heavy (non-hydrogen) atoms. The fourth-order valence-electron chi connectivity index (χ4n) is 2.07.